The fourth-order valence-corrected chi connectivity index (χ4v) is 4.44. The van der Waals surface area contributed by atoms with Gasteiger partial charge in [0.15, 0.2) is 5.96 Å². The van der Waals surface area contributed by atoms with E-state index in [0.717, 1.165) is 42.3 Å². The predicted octanol–water partition coefficient (Wildman–Crippen LogP) is 3.21. The summed E-state index contributed by atoms with van der Waals surface area (Å²) in [7, 11) is 0. The van der Waals surface area contributed by atoms with Crippen molar-refractivity contribution in [3.8, 4) is 16.9 Å². The number of hydrogen-bond donors (Lipinski definition) is 5. The Hall–Kier alpha value is -3.73. The highest BCUT2D eigenvalue weighted by Gasteiger charge is 2.14. The quantitative estimate of drug-likeness (QED) is 0.106. The molecule has 0 unspecified atom stereocenters. The van der Waals surface area contributed by atoms with E-state index in [1.807, 2.05) is 30.3 Å². The number of hydrogen-bond acceptors (Lipinski definition) is 5. The molecule has 0 fully saturated rings. The number of nitrogens with one attached hydrogen (secondary N) is 2. The molecule has 0 atom stereocenters. The van der Waals surface area contributed by atoms with Crippen molar-refractivity contribution in [2.24, 2.45) is 22.2 Å². The Kier molecular flexibility index (Phi) is 9.11. The van der Waals surface area contributed by atoms with Crippen LogP contribution >= 0.6 is 11.6 Å². The average Bonchev–Trinajstić information content (AvgIpc) is 3.31. The van der Waals surface area contributed by atoms with Gasteiger partial charge in [-0.3, -0.25) is 9.56 Å². The number of aromatic nitrogens is 3. The lowest BCUT2D eigenvalue weighted by molar-refractivity contribution is 0.601. The van der Waals surface area contributed by atoms with Crippen LogP contribution in [0.15, 0.2) is 58.4 Å². The van der Waals surface area contributed by atoms with Crippen LogP contribution in [0.25, 0.3) is 28.0 Å². The molecular weight excluding hydrogens is 507 g/mol. The molecule has 0 aliphatic heterocycles. The Morgan fingerprint density at radius 2 is 1.92 bits per heavy atom. The van der Waals surface area contributed by atoms with E-state index in [1.165, 1.54) is 4.57 Å². The first-order chi connectivity index (χ1) is 18.4. The lowest BCUT2D eigenvalue weighted by Crippen LogP contribution is -2.23. The van der Waals surface area contributed by atoms with Gasteiger partial charge in [0.2, 0.25) is 0 Å². The molecule has 2 aromatic heterocycles. The Balaban J connectivity index is 1.50. The van der Waals surface area contributed by atoms with Gasteiger partial charge in [0.1, 0.15) is 11.5 Å². The number of halogens is 2. The van der Waals surface area contributed by atoms with E-state index in [9.17, 15) is 9.18 Å². The van der Waals surface area contributed by atoms with Crippen LogP contribution in [0.4, 0.5) is 4.39 Å². The number of aromatic amines is 1. The van der Waals surface area contributed by atoms with Gasteiger partial charge in [0.25, 0.3) is 0 Å². The number of unbranched alkanes of at least 4 members (excludes halogenated alkanes) is 1. The first-order valence-corrected chi connectivity index (χ1v) is 12.9. The summed E-state index contributed by atoms with van der Waals surface area (Å²) < 4.78 is 16.1. The third-order valence-corrected chi connectivity index (χ3v) is 6.45. The maximum absolute atomic E-state index is 14.5. The Bertz CT molecular complexity index is 1480. The van der Waals surface area contributed by atoms with E-state index < -0.39 is 11.5 Å². The van der Waals surface area contributed by atoms with Crippen molar-refractivity contribution in [1.29, 1.82) is 0 Å². The molecule has 200 valence electrons. The third-order valence-electron chi connectivity index (χ3n) is 6.17. The summed E-state index contributed by atoms with van der Waals surface area (Å²) in [5.41, 5.74) is 20.0. The number of aliphatic imine (C=N–C) groups is 1. The molecule has 4 aromatic rings. The van der Waals surface area contributed by atoms with Gasteiger partial charge in [0.05, 0.1) is 10.7 Å². The van der Waals surface area contributed by atoms with Gasteiger partial charge in [0, 0.05) is 30.4 Å². The normalized spacial score (nSPS) is 11.2. The zero-order valence-corrected chi connectivity index (χ0v) is 21.8. The number of H-pyrrole nitrogens is 1. The molecule has 38 heavy (non-hydrogen) atoms. The smallest absolute Gasteiger partial charge is 0.354 e. The van der Waals surface area contributed by atoms with Crippen LogP contribution in [-0.4, -0.2) is 40.1 Å². The molecule has 0 saturated carbocycles. The molecule has 2 aromatic carbocycles. The van der Waals surface area contributed by atoms with Crippen LogP contribution in [0, 0.1) is 5.82 Å². The molecule has 0 aliphatic rings. The lowest BCUT2D eigenvalue weighted by atomic mass is 10.0. The summed E-state index contributed by atoms with van der Waals surface area (Å²) in [6.45, 7) is 2.60. The first kappa shape index (κ1) is 27.3. The van der Waals surface area contributed by atoms with E-state index in [0.29, 0.717) is 48.6 Å². The summed E-state index contributed by atoms with van der Waals surface area (Å²) in [5, 5.41) is 4.14. The first-order valence-electron chi connectivity index (χ1n) is 12.5. The minimum atomic E-state index is -0.411. The van der Waals surface area contributed by atoms with Gasteiger partial charge in [-0.15, -0.1) is 0 Å². The molecule has 8 N–H and O–H groups in total. The van der Waals surface area contributed by atoms with Gasteiger partial charge < -0.3 is 27.5 Å². The number of fused-ring (bicyclic) bond motifs is 1. The number of aryl methyl sites for hydroxylation is 1. The summed E-state index contributed by atoms with van der Waals surface area (Å²) in [6.07, 6.45) is 4.70. The number of nitrogens with two attached hydrogens (primary N) is 3. The monoisotopic (exact) mass is 538 g/mol. The lowest BCUT2D eigenvalue weighted by Gasteiger charge is -2.08. The highest BCUT2D eigenvalue weighted by atomic mass is 35.5. The van der Waals surface area contributed by atoms with Crippen LogP contribution in [0.1, 0.15) is 30.4 Å². The molecule has 11 heteroatoms. The Morgan fingerprint density at radius 1 is 1.13 bits per heavy atom. The minimum absolute atomic E-state index is 0.0554. The van der Waals surface area contributed by atoms with E-state index in [4.69, 9.17) is 28.8 Å². The van der Waals surface area contributed by atoms with Gasteiger partial charge in [-0.2, -0.15) is 4.98 Å². The van der Waals surface area contributed by atoms with E-state index in [2.05, 4.69) is 20.3 Å². The van der Waals surface area contributed by atoms with Gasteiger partial charge in [-0.1, -0.05) is 23.7 Å². The minimum Gasteiger partial charge on any atom is -0.370 e. The third kappa shape index (κ3) is 6.77. The molecule has 4 rings (SSSR count). The van der Waals surface area contributed by atoms with Crippen LogP contribution in [0.5, 0.6) is 0 Å². The zero-order chi connectivity index (χ0) is 27.1. The fourth-order valence-electron chi connectivity index (χ4n) is 4.20. The van der Waals surface area contributed by atoms with Crippen molar-refractivity contribution in [1.82, 2.24) is 19.9 Å². The largest absolute Gasteiger partial charge is 0.370 e. The summed E-state index contributed by atoms with van der Waals surface area (Å²) in [4.78, 5) is 24.1. The number of guanidine groups is 1. The standard InChI is InChI=1S/C27H32ClFN8O/c28-22-13-19(12-18(24(22)29)4-1-2-9-30)23-14-20-16-37(27(38)36-25(20)35-23)21-7-5-17(6-8-21)15-33-10-3-11-34-26(31)32/h5-8,12-14,16,33H,1-4,9-11,15,30H2,(H4,31,32,34)(H,35,36,38). The van der Waals surface area contributed by atoms with Crippen molar-refractivity contribution < 1.29 is 4.39 Å². The Labute approximate surface area is 224 Å². The number of rotatable bonds is 12. The Morgan fingerprint density at radius 3 is 2.66 bits per heavy atom. The zero-order valence-electron chi connectivity index (χ0n) is 21.0. The highest BCUT2D eigenvalue weighted by Crippen LogP contribution is 2.30. The van der Waals surface area contributed by atoms with E-state index in [-0.39, 0.29) is 11.0 Å². The summed E-state index contributed by atoms with van der Waals surface area (Å²) in [5.74, 6) is -0.312. The maximum Gasteiger partial charge on any atom is 0.354 e. The molecule has 0 amide bonds. The summed E-state index contributed by atoms with van der Waals surface area (Å²) >= 11 is 6.19. The molecule has 0 radical (unpaired) electrons. The van der Waals surface area contributed by atoms with Crippen LogP contribution in [0.3, 0.4) is 0 Å². The van der Waals surface area contributed by atoms with Crippen LogP contribution in [0.2, 0.25) is 5.02 Å². The second-order valence-electron chi connectivity index (χ2n) is 9.06. The second kappa shape index (κ2) is 12.7. The van der Waals surface area contributed by atoms with Gasteiger partial charge in [-0.25, -0.2) is 9.18 Å². The summed E-state index contributed by atoms with van der Waals surface area (Å²) in [6, 6.07) is 12.9. The molecule has 0 spiro atoms. The maximum atomic E-state index is 14.5. The molecule has 0 bridgehead atoms. The highest BCUT2D eigenvalue weighted by molar-refractivity contribution is 6.31. The fraction of sp³-hybridized carbons (Fsp3) is 0.296. The van der Waals surface area contributed by atoms with Crippen molar-refractivity contribution in [2.45, 2.75) is 32.2 Å². The van der Waals surface area contributed by atoms with Crippen molar-refractivity contribution in [3.63, 3.8) is 0 Å². The molecular formula is C27H32ClFN8O. The number of nitrogens with zero attached hydrogens (tertiary/aromatic N) is 3. The molecule has 9 nitrogen and oxygen atoms in total. The topological polar surface area (TPSA) is 153 Å². The van der Waals surface area contributed by atoms with E-state index in [1.54, 1.807) is 18.3 Å². The molecule has 2 heterocycles. The van der Waals surface area contributed by atoms with Gasteiger partial charge >= 0.3 is 5.69 Å². The molecule has 0 saturated heterocycles. The second-order valence-corrected chi connectivity index (χ2v) is 9.47. The van der Waals surface area contributed by atoms with Crippen LogP contribution in [-0.2, 0) is 13.0 Å². The predicted molar refractivity (Wildman–Crippen MR) is 151 cm³/mol. The van der Waals surface area contributed by atoms with Crippen molar-refractivity contribution in [2.75, 3.05) is 19.6 Å². The molecule has 0 aliphatic carbocycles. The van der Waals surface area contributed by atoms with Crippen molar-refractivity contribution >= 4 is 28.6 Å². The SMILES string of the molecule is NCCCCc1cc(-c2cc3cn(-c4ccc(CNCCCN=C(N)N)cc4)c(=O)nc3[nH]2)cc(Cl)c1F. The average molecular weight is 539 g/mol. The van der Waals surface area contributed by atoms with Crippen molar-refractivity contribution in [3.05, 3.63) is 81.1 Å². The van der Waals surface area contributed by atoms with Gasteiger partial charge in [-0.05, 0) is 85.8 Å². The van der Waals surface area contributed by atoms with Crippen LogP contribution < -0.4 is 28.2 Å². The van der Waals surface area contributed by atoms with E-state index >= 15 is 0 Å². The number of benzene rings is 2.